The molecular formula is C16H14FNO. The van der Waals surface area contributed by atoms with Crippen LogP contribution in [0.15, 0.2) is 36.4 Å². The standard InChI is InChI=1S/C16H14FNO/c1-11-3-8-16(19-2)15(10-18)14(11)9-12-4-6-13(17)7-5-12/h3-8H,9H2,1-2H3. The van der Waals surface area contributed by atoms with Crippen molar-refractivity contribution in [3.05, 3.63) is 64.5 Å². The highest BCUT2D eigenvalue weighted by Gasteiger charge is 2.12. The summed E-state index contributed by atoms with van der Waals surface area (Å²) in [6, 6.07) is 12.2. The summed E-state index contributed by atoms with van der Waals surface area (Å²) in [6.45, 7) is 1.96. The van der Waals surface area contributed by atoms with Crippen molar-refractivity contribution < 1.29 is 9.13 Å². The van der Waals surface area contributed by atoms with Crippen LogP contribution in [-0.4, -0.2) is 7.11 Å². The second-order valence-electron chi connectivity index (χ2n) is 4.35. The Balaban J connectivity index is 2.44. The molecule has 0 aliphatic rings. The van der Waals surface area contributed by atoms with Gasteiger partial charge in [-0.05, 0) is 48.2 Å². The number of hydrogen-bond donors (Lipinski definition) is 0. The molecule has 0 atom stereocenters. The molecule has 0 spiro atoms. The zero-order chi connectivity index (χ0) is 13.8. The van der Waals surface area contributed by atoms with Gasteiger partial charge in [0.05, 0.1) is 12.7 Å². The van der Waals surface area contributed by atoms with Crippen LogP contribution in [0.1, 0.15) is 22.3 Å². The number of halogens is 1. The fourth-order valence-corrected chi connectivity index (χ4v) is 2.06. The van der Waals surface area contributed by atoms with Gasteiger partial charge in [0.25, 0.3) is 0 Å². The molecule has 2 aromatic carbocycles. The van der Waals surface area contributed by atoms with E-state index in [-0.39, 0.29) is 5.82 Å². The molecule has 0 unspecified atom stereocenters. The van der Waals surface area contributed by atoms with Crippen LogP contribution >= 0.6 is 0 Å². The van der Waals surface area contributed by atoms with E-state index in [4.69, 9.17) is 4.74 Å². The molecule has 0 saturated heterocycles. The molecule has 2 aromatic rings. The summed E-state index contributed by atoms with van der Waals surface area (Å²) in [5, 5.41) is 9.29. The molecule has 96 valence electrons. The average molecular weight is 255 g/mol. The van der Waals surface area contributed by atoms with Crippen LogP contribution in [0.3, 0.4) is 0 Å². The molecule has 19 heavy (non-hydrogen) atoms. The van der Waals surface area contributed by atoms with Gasteiger partial charge in [0, 0.05) is 0 Å². The third-order valence-corrected chi connectivity index (χ3v) is 3.13. The Morgan fingerprint density at radius 3 is 2.42 bits per heavy atom. The molecular weight excluding hydrogens is 241 g/mol. The molecule has 0 amide bonds. The minimum atomic E-state index is -0.258. The summed E-state index contributed by atoms with van der Waals surface area (Å²) in [6.07, 6.45) is 0.589. The first-order chi connectivity index (χ1) is 9.15. The number of aryl methyl sites for hydroxylation is 1. The fraction of sp³-hybridized carbons (Fsp3) is 0.188. The van der Waals surface area contributed by atoms with Gasteiger partial charge in [-0.3, -0.25) is 0 Å². The molecule has 0 bridgehead atoms. The van der Waals surface area contributed by atoms with E-state index < -0.39 is 0 Å². The first-order valence-electron chi connectivity index (χ1n) is 5.96. The quantitative estimate of drug-likeness (QED) is 0.839. The zero-order valence-electron chi connectivity index (χ0n) is 10.9. The molecule has 2 rings (SSSR count). The number of hydrogen-bond acceptors (Lipinski definition) is 2. The van der Waals surface area contributed by atoms with Gasteiger partial charge in [-0.15, -0.1) is 0 Å². The molecule has 0 aliphatic carbocycles. The highest BCUT2D eigenvalue weighted by Crippen LogP contribution is 2.26. The number of nitriles is 1. The summed E-state index contributed by atoms with van der Waals surface area (Å²) in [4.78, 5) is 0. The van der Waals surface area contributed by atoms with Crippen molar-refractivity contribution in [2.75, 3.05) is 7.11 Å². The van der Waals surface area contributed by atoms with E-state index in [2.05, 4.69) is 6.07 Å². The number of rotatable bonds is 3. The number of nitrogens with zero attached hydrogens (tertiary/aromatic N) is 1. The van der Waals surface area contributed by atoms with E-state index >= 15 is 0 Å². The van der Waals surface area contributed by atoms with Gasteiger partial charge in [-0.2, -0.15) is 5.26 Å². The van der Waals surface area contributed by atoms with E-state index in [1.165, 1.54) is 12.1 Å². The second kappa shape index (κ2) is 5.53. The second-order valence-corrected chi connectivity index (χ2v) is 4.35. The topological polar surface area (TPSA) is 33.0 Å². The van der Waals surface area contributed by atoms with Gasteiger partial charge >= 0.3 is 0 Å². The van der Waals surface area contributed by atoms with Gasteiger partial charge in [0.1, 0.15) is 17.6 Å². The minimum Gasteiger partial charge on any atom is -0.495 e. The maximum absolute atomic E-state index is 12.9. The molecule has 0 heterocycles. The molecule has 0 radical (unpaired) electrons. The number of benzene rings is 2. The van der Waals surface area contributed by atoms with E-state index in [1.807, 2.05) is 13.0 Å². The SMILES string of the molecule is COc1ccc(C)c(Cc2ccc(F)cc2)c1C#N. The normalized spacial score (nSPS) is 10.0. The van der Waals surface area contributed by atoms with Crippen molar-refractivity contribution in [1.82, 2.24) is 0 Å². The van der Waals surface area contributed by atoms with Crippen LogP contribution in [0.25, 0.3) is 0 Å². The molecule has 0 saturated carbocycles. The van der Waals surface area contributed by atoms with E-state index in [0.717, 1.165) is 16.7 Å². The molecule has 0 aliphatic heterocycles. The van der Waals surface area contributed by atoms with Gasteiger partial charge in [-0.25, -0.2) is 4.39 Å². The van der Waals surface area contributed by atoms with Crippen LogP contribution in [-0.2, 0) is 6.42 Å². The Hall–Kier alpha value is -2.34. The monoisotopic (exact) mass is 255 g/mol. The van der Waals surface area contributed by atoms with Crippen LogP contribution in [0.5, 0.6) is 5.75 Å². The first-order valence-corrected chi connectivity index (χ1v) is 5.96. The Morgan fingerprint density at radius 1 is 1.16 bits per heavy atom. The summed E-state index contributed by atoms with van der Waals surface area (Å²) >= 11 is 0. The lowest BCUT2D eigenvalue weighted by Gasteiger charge is -2.12. The third-order valence-electron chi connectivity index (χ3n) is 3.13. The lowest BCUT2D eigenvalue weighted by Crippen LogP contribution is -1.99. The zero-order valence-corrected chi connectivity index (χ0v) is 10.9. The first kappa shape index (κ1) is 13.1. The molecule has 2 nitrogen and oxygen atoms in total. The lowest BCUT2D eigenvalue weighted by molar-refractivity contribution is 0.413. The van der Waals surface area contributed by atoms with Gasteiger partial charge < -0.3 is 4.74 Å². The van der Waals surface area contributed by atoms with E-state index in [1.54, 1.807) is 25.3 Å². The Kier molecular flexibility index (Phi) is 3.82. The van der Waals surface area contributed by atoms with Crippen molar-refractivity contribution >= 4 is 0 Å². The highest BCUT2D eigenvalue weighted by molar-refractivity contribution is 5.53. The van der Waals surface area contributed by atoms with Gasteiger partial charge in [0.2, 0.25) is 0 Å². The highest BCUT2D eigenvalue weighted by atomic mass is 19.1. The number of ether oxygens (including phenoxy) is 1. The predicted octanol–water partition coefficient (Wildman–Crippen LogP) is 3.61. The lowest BCUT2D eigenvalue weighted by atomic mass is 9.95. The number of methoxy groups -OCH3 is 1. The summed E-state index contributed by atoms with van der Waals surface area (Å²) < 4.78 is 18.1. The smallest absolute Gasteiger partial charge is 0.136 e. The maximum Gasteiger partial charge on any atom is 0.136 e. The maximum atomic E-state index is 12.9. The Bertz CT molecular complexity index is 626. The molecule has 0 fully saturated rings. The van der Waals surface area contributed by atoms with Crippen LogP contribution in [0.2, 0.25) is 0 Å². The Morgan fingerprint density at radius 2 is 1.84 bits per heavy atom. The fourth-order valence-electron chi connectivity index (χ4n) is 2.06. The largest absolute Gasteiger partial charge is 0.495 e. The van der Waals surface area contributed by atoms with Crippen molar-refractivity contribution in [2.45, 2.75) is 13.3 Å². The summed E-state index contributed by atoms with van der Waals surface area (Å²) in [7, 11) is 1.55. The van der Waals surface area contributed by atoms with E-state index in [0.29, 0.717) is 17.7 Å². The van der Waals surface area contributed by atoms with E-state index in [9.17, 15) is 9.65 Å². The third kappa shape index (κ3) is 2.74. The van der Waals surface area contributed by atoms with Crippen molar-refractivity contribution in [3.63, 3.8) is 0 Å². The molecule has 3 heteroatoms. The summed E-state index contributed by atoms with van der Waals surface area (Å²) in [5.74, 6) is 0.317. The predicted molar refractivity (Wildman–Crippen MR) is 71.7 cm³/mol. The molecule has 0 N–H and O–H groups in total. The minimum absolute atomic E-state index is 0.258. The van der Waals surface area contributed by atoms with Crippen LogP contribution < -0.4 is 4.74 Å². The van der Waals surface area contributed by atoms with Crippen LogP contribution in [0.4, 0.5) is 4.39 Å². The van der Waals surface area contributed by atoms with Crippen molar-refractivity contribution in [2.24, 2.45) is 0 Å². The Labute approximate surface area is 112 Å². The van der Waals surface area contributed by atoms with Gasteiger partial charge in [-0.1, -0.05) is 18.2 Å². The van der Waals surface area contributed by atoms with Crippen molar-refractivity contribution in [1.29, 1.82) is 5.26 Å². The van der Waals surface area contributed by atoms with Crippen LogP contribution in [0, 0.1) is 24.1 Å². The molecule has 0 aromatic heterocycles. The average Bonchev–Trinajstić information content (AvgIpc) is 2.43. The summed E-state index contributed by atoms with van der Waals surface area (Å²) in [5.41, 5.74) is 3.47. The van der Waals surface area contributed by atoms with Crippen molar-refractivity contribution in [3.8, 4) is 11.8 Å². The van der Waals surface area contributed by atoms with Gasteiger partial charge in [0.15, 0.2) is 0 Å².